The monoisotopic (exact) mass is 877 g/mol. The zero-order chi connectivity index (χ0) is 45.5. The lowest BCUT2D eigenvalue weighted by molar-refractivity contribution is 0.669. The van der Waals surface area contributed by atoms with Crippen LogP contribution in [-0.2, 0) is 5.41 Å². The molecular formula is C67H43NO. The van der Waals surface area contributed by atoms with Crippen LogP contribution in [-0.4, -0.2) is 0 Å². The van der Waals surface area contributed by atoms with E-state index in [4.69, 9.17) is 4.42 Å². The SMILES string of the molecule is c1ccc(C2(c3ccccc3)c3ccccc3-c3c(N(c4ccc(-c5ccc6c(ccc7ccccc76)c5)cc4)c4ccccc4-c4cccc5oc6cc7ccccc7cc6c45)cccc32)cc1. The van der Waals surface area contributed by atoms with E-state index in [1.165, 1.54) is 71.4 Å². The second-order valence-corrected chi connectivity index (χ2v) is 18.3. The Bertz CT molecular complexity index is 4090. The van der Waals surface area contributed by atoms with Crippen molar-refractivity contribution in [2.45, 2.75) is 5.41 Å². The van der Waals surface area contributed by atoms with Crippen molar-refractivity contribution in [2.75, 3.05) is 4.90 Å². The number of rotatable bonds is 7. The quantitative estimate of drug-likeness (QED) is 0.148. The molecule has 0 unspecified atom stereocenters. The number of fused-ring (bicyclic) bond motifs is 10. The highest BCUT2D eigenvalue weighted by molar-refractivity contribution is 6.17. The first-order valence-corrected chi connectivity index (χ1v) is 23.8. The largest absolute Gasteiger partial charge is 0.456 e. The highest BCUT2D eigenvalue weighted by atomic mass is 16.3. The van der Waals surface area contributed by atoms with Crippen molar-refractivity contribution in [1.29, 1.82) is 0 Å². The Morgan fingerprint density at radius 2 is 0.899 bits per heavy atom. The van der Waals surface area contributed by atoms with Crippen molar-refractivity contribution in [2.24, 2.45) is 0 Å². The minimum Gasteiger partial charge on any atom is -0.456 e. The Morgan fingerprint density at radius 3 is 1.70 bits per heavy atom. The summed E-state index contributed by atoms with van der Waals surface area (Å²) in [6, 6.07) is 95.7. The van der Waals surface area contributed by atoms with Crippen LogP contribution in [0.5, 0.6) is 0 Å². The van der Waals surface area contributed by atoms with Gasteiger partial charge in [-0.05, 0) is 125 Å². The molecule has 69 heavy (non-hydrogen) atoms. The summed E-state index contributed by atoms with van der Waals surface area (Å²) in [5.74, 6) is 0. The zero-order valence-corrected chi connectivity index (χ0v) is 37.7. The van der Waals surface area contributed by atoms with Crippen LogP contribution >= 0.6 is 0 Å². The molecular weight excluding hydrogens is 835 g/mol. The molecule has 14 rings (SSSR count). The van der Waals surface area contributed by atoms with Crippen LogP contribution in [0.1, 0.15) is 22.3 Å². The third kappa shape index (κ3) is 5.99. The van der Waals surface area contributed by atoms with Gasteiger partial charge in [0.1, 0.15) is 11.2 Å². The molecule has 1 aliphatic rings. The van der Waals surface area contributed by atoms with Crippen molar-refractivity contribution in [3.63, 3.8) is 0 Å². The molecule has 0 spiro atoms. The first-order chi connectivity index (χ1) is 34.2. The molecule has 1 aromatic heterocycles. The Hall–Kier alpha value is -8.98. The Balaban J connectivity index is 1.02. The van der Waals surface area contributed by atoms with Gasteiger partial charge in [0.2, 0.25) is 0 Å². The summed E-state index contributed by atoms with van der Waals surface area (Å²) < 4.78 is 6.69. The summed E-state index contributed by atoms with van der Waals surface area (Å²) in [4.78, 5) is 2.50. The van der Waals surface area contributed by atoms with Crippen LogP contribution in [0.15, 0.2) is 265 Å². The maximum Gasteiger partial charge on any atom is 0.136 e. The van der Waals surface area contributed by atoms with Gasteiger partial charge in [0.05, 0.1) is 16.8 Å². The summed E-state index contributed by atoms with van der Waals surface area (Å²) in [6.45, 7) is 0. The number of anilines is 3. The topological polar surface area (TPSA) is 16.4 Å². The van der Waals surface area contributed by atoms with E-state index in [0.29, 0.717) is 0 Å². The summed E-state index contributed by atoms with van der Waals surface area (Å²) in [6.07, 6.45) is 0. The highest BCUT2D eigenvalue weighted by Crippen LogP contribution is 2.60. The Kier molecular flexibility index (Phi) is 8.84. The number of hydrogen-bond donors (Lipinski definition) is 0. The molecule has 0 bridgehead atoms. The van der Waals surface area contributed by atoms with Gasteiger partial charge in [-0.2, -0.15) is 0 Å². The molecule has 0 aliphatic heterocycles. The maximum atomic E-state index is 6.69. The van der Waals surface area contributed by atoms with Crippen LogP contribution in [0.2, 0.25) is 0 Å². The lowest BCUT2D eigenvalue weighted by atomic mass is 9.68. The van der Waals surface area contributed by atoms with Gasteiger partial charge in [0, 0.05) is 27.6 Å². The van der Waals surface area contributed by atoms with E-state index < -0.39 is 5.41 Å². The van der Waals surface area contributed by atoms with Gasteiger partial charge in [0.25, 0.3) is 0 Å². The van der Waals surface area contributed by atoms with E-state index in [9.17, 15) is 0 Å². The predicted octanol–water partition coefficient (Wildman–Crippen LogP) is 18.2. The summed E-state index contributed by atoms with van der Waals surface area (Å²) >= 11 is 0. The molecule has 322 valence electrons. The molecule has 0 amide bonds. The smallest absolute Gasteiger partial charge is 0.136 e. The normalized spacial score (nSPS) is 12.8. The van der Waals surface area contributed by atoms with E-state index in [1.54, 1.807) is 0 Å². The van der Waals surface area contributed by atoms with Gasteiger partial charge >= 0.3 is 0 Å². The Labute approximate surface area is 400 Å². The van der Waals surface area contributed by atoms with Crippen molar-refractivity contribution >= 4 is 71.3 Å². The lowest BCUT2D eigenvalue weighted by Gasteiger charge is -2.34. The van der Waals surface area contributed by atoms with E-state index in [0.717, 1.165) is 55.5 Å². The van der Waals surface area contributed by atoms with Crippen LogP contribution in [0.25, 0.3) is 87.6 Å². The van der Waals surface area contributed by atoms with Crippen LogP contribution in [0, 0.1) is 0 Å². The van der Waals surface area contributed by atoms with Crippen LogP contribution in [0.4, 0.5) is 17.1 Å². The summed E-state index contributed by atoms with van der Waals surface area (Å²) in [5, 5.41) is 9.62. The first kappa shape index (κ1) is 39.2. The first-order valence-electron chi connectivity index (χ1n) is 23.8. The van der Waals surface area contributed by atoms with Gasteiger partial charge in [0.15, 0.2) is 0 Å². The number of hydrogen-bond acceptors (Lipinski definition) is 2. The molecule has 2 nitrogen and oxygen atoms in total. The molecule has 2 heteroatoms. The van der Waals surface area contributed by atoms with Crippen molar-refractivity contribution in [1.82, 2.24) is 0 Å². The number of benzene rings is 12. The fourth-order valence-electron chi connectivity index (χ4n) is 11.7. The standard InChI is InChI=1S/C67H43NO/c1-3-20-50(21-4-1)67(51-22-5-2-6-23-51)59-28-13-11-26-57(59)66-60(67)29-16-31-62(66)68(52-38-35-44(36-39-52)48-37-40-54-49(41-48)34-33-45-17-9-10-24-53(45)54)61-30-14-12-25-55(61)56-27-15-32-63-65(56)58-42-46-18-7-8-19-47(46)43-64(58)69-63/h1-43H. The second-order valence-electron chi connectivity index (χ2n) is 18.3. The van der Waals surface area contributed by atoms with Crippen molar-refractivity contribution in [3.05, 3.63) is 283 Å². The second kappa shape index (κ2) is 15.6. The molecule has 1 heterocycles. The third-order valence-corrected chi connectivity index (χ3v) is 14.7. The minimum absolute atomic E-state index is 0.551. The molecule has 12 aromatic carbocycles. The van der Waals surface area contributed by atoms with Crippen LogP contribution in [0.3, 0.4) is 0 Å². The molecule has 0 N–H and O–H groups in total. The maximum absolute atomic E-state index is 6.69. The average molecular weight is 878 g/mol. The molecule has 0 radical (unpaired) electrons. The van der Waals surface area contributed by atoms with E-state index in [2.05, 4.69) is 266 Å². The number of para-hydroxylation sites is 1. The number of nitrogens with zero attached hydrogens (tertiary/aromatic N) is 1. The molecule has 13 aromatic rings. The van der Waals surface area contributed by atoms with E-state index in [1.807, 2.05) is 0 Å². The average Bonchev–Trinajstić information content (AvgIpc) is 3.94. The zero-order valence-electron chi connectivity index (χ0n) is 37.7. The summed E-state index contributed by atoms with van der Waals surface area (Å²) in [5.41, 5.74) is 16.5. The minimum atomic E-state index is -0.551. The van der Waals surface area contributed by atoms with Gasteiger partial charge in [-0.1, -0.05) is 212 Å². The van der Waals surface area contributed by atoms with E-state index in [-0.39, 0.29) is 0 Å². The van der Waals surface area contributed by atoms with Crippen molar-refractivity contribution < 1.29 is 4.42 Å². The Morgan fingerprint density at radius 1 is 0.319 bits per heavy atom. The fourth-order valence-corrected chi connectivity index (χ4v) is 11.7. The van der Waals surface area contributed by atoms with Gasteiger partial charge < -0.3 is 9.32 Å². The molecule has 0 saturated carbocycles. The van der Waals surface area contributed by atoms with E-state index >= 15 is 0 Å². The molecule has 0 atom stereocenters. The molecule has 0 saturated heterocycles. The van der Waals surface area contributed by atoms with Gasteiger partial charge in [-0.25, -0.2) is 0 Å². The number of furan rings is 1. The fraction of sp³-hybridized carbons (Fsp3) is 0.0149. The van der Waals surface area contributed by atoms with Crippen molar-refractivity contribution in [3.8, 4) is 33.4 Å². The van der Waals surface area contributed by atoms with Gasteiger partial charge in [-0.3, -0.25) is 0 Å². The predicted molar refractivity (Wildman–Crippen MR) is 289 cm³/mol. The lowest BCUT2D eigenvalue weighted by Crippen LogP contribution is -2.28. The van der Waals surface area contributed by atoms with Gasteiger partial charge in [-0.15, -0.1) is 0 Å². The van der Waals surface area contributed by atoms with Crippen LogP contribution < -0.4 is 4.90 Å². The highest BCUT2D eigenvalue weighted by Gasteiger charge is 2.47. The summed E-state index contributed by atoms with van der Waals surface area (Å²) in [7, 11) is 0. The molecule has 0 fully saturated rings. The third-order valence-electron chi connectivity index (χ3n) is 14.7. The molecule has 1 aliphatic carbocycles.